The highest BCUT2D eigenvalue weighted by atomic mass is 16.5. The van der Waals surface area contributed by atoms with Gasteiger partial charge < -0.3 is 9.42 Å². The molecule has 1 aliphatic rings. The van der Waals surface area contributed by atoms with E-state index in [1.165, 1.54) is 0 Å². The summed E-state index contributed by atoms with van der Waals surface area (Å²) >= 11 is 0. The second-order valence-electron chi connectivity index (χ2n) is 6.02. The number of H-pyrrole nitrogens is 1. The van der Waals surface area contributed by atoms with E-state index in [-0.39, 0.29) is 11.9 Å². The van der Waals surface area contributed by atoms with Gasteiger partial charge >= 0.3 is 0 Å². The first kappa shape index (κ1) is 15.7. The molecule has 1 amide bonds. The van der Waals surface area contributed by atoms with E-state index in [2.05, 4.69) is 20.3 Å². The fourth-order valence-electron chi connectivity index (χ4n) is 3.12. The number of carbonyl (C=O) groups excluding carboxylic acids is 1. The number of nitrogens with one attached hydrogen (secondary N) is 1. The third kappa shape index (κ3) is 3.43. The van der Waals surface area contributed by atoms with Crippen LogP contribution in [0.15, 0.2) is 10.7 Å². The van der Waals surface area contributed by atoms with Crippen molar-refractivity contribution in [2.45, 2.75) is 58.4 Å². The van der Waals surface area contributed by atoms with Gasteiger partial charge in [0, 0.05) is 25.8 Å². The van der Waals surface area contributed by atoms with Gasteiger partial charge in [0.15, 0.2) is 5.82 Å². The summed E-state index contributed by atoms with van der Waals surface area (Å²) in [4.78, 5) is 18.9. The zero-order chi connectivity index (χ0) is 16.2. The maximum Gasteiger partial charge on any atom is 0.227 e. The fraction of sp³-hybridized carbons (Fsp3) is 0.625. The standard InChI is InChI=1S/C16H23N5O2/c1-3-13-18-14(23-20-13)7-8-15(22)21-9-5-4-6-12(21)16-11(2)10-17-19-16/h10,12H,3-9H2,1-2H3,(H,17,19). The summed E-state index contributed by atoms with van der Waals surface area (Å²) in [5.41, 5.74) is 2.17. The minimum absolute atomic E-state index is 0.104. The smallest absolute Gasteiger partial charge is 0.227 e. The number of hydrogen-bond acceptors (Lipinski definition) is 5. The molecule has 3 rings (SSSR count). The van der Waals surface area contributed by atoms with Crippen molar-refractivity contribution in [1.82, 2.24) is 25.2 Å². The Morgan fingerprint density at radius 3 is 3.04 bits per heavy atom. The lowest BCUT2D eigenvalue weighted by Crippen LogP contribution is -2.39. The molecule has 0 radical (unpaired) electrons. The van der Waals surface area contributed by atoms with Crippen molar-refractivity contribution in [2.75, 3.05) is 6.54 Å². The van der Waals surface area contributed by atoms with E-state index in [9.17, 15) is 4.79 Å². The molecular formula is C16H23N5O2. The van der Waals surface area contributed by atoms with Crippen LogP contribution in [0.4, 0.5) is 0 Å². The molecule has 2 aromatic heterocycles. The first-order chi connectivity index (χ1) is 11.2. The van der Waals surface area contributed by atoms with Crippen molar-refractivity contribution in [3.63, 3.8) is 0 Å². The molecule has 124 valence electrons. The molecule has 0 spiro atoms. The van der Waals surface area contributed by atoms with Gasteiger partial charge in [0.25, 0.3) is 0 Å². The van der Waals surface area contributed by atoms with Crippen molar-refractivity contribution in [3.05, 3.63) is 29.2 Å². The molecule has 3 heterocycles. The molecule has 1 unspecified atom stereocenters. The molecule has 1 atom stereocenters. The molecule has 7 heteroatoms. The van der Waals surface area contributed by atoms with Gasteiger partial charge in [-0.1, -0.05) is 12.1 Å². The Kier molecular flexibility index (Phi) is 4.73. The number of aromatic nitrogens is 4. The van der Waals surface area contributed by atoms with E-state index in [1.807, 2.05) is 24.9 Å². The number of rotatable bonds is 5. The Labute approximate surface area is 135 Å². The van der Waals surface area contributed by atoms with Gasteiger partial charge in [0.05, 0.1) is 17.9 Å². The molecule has 23 heavy (non-hydrogen) atoms. The van der Waals surface area contributed by atoms with E-state index in [0.29, 0.717) is 24.6 Å². The lowest BCUT2D eigenvalue weighted by atomic mass is 9.97. The first-order valence-corrected chi connectivity index (χ1v) is 8.29. The molecule has 2 aromatic rings. The number of nitrogens with zero attached hydrogens (tertiary/aromatic N) is 4. The van der Waals surface area contributed by atoms with E-state index in [0.717, 1.165) is 43.5 Å². The molecule has 1 aliphatic heterocycles. The molecular weight excluding hydrogens is 294 g/mol. The van der Waals surface area contributed by atoms with Crippen molar-refractivity contribution in [2.24, 2.45) is 0 Å². The van der Waals surface area contributed by atoms with Crippen molar-refractivity contribution in [1.29, 1.82) is 0 Å². The number of hydrogen-bond donors (Lipinski definition) is 1. The van der Waals surface area contributed by atoms with Crippen LogP contribution in [-0.2, 0) is 17.6 Å². The Morgan fingerprint density at radius 2 is 2.35 bits per heavy atom. The largest absolute Gasteiger partial charge is 0.339 e. The van der Waals surface area contributed by atoms with Crippen LogP contribution in [0.1, 0.15) is 61.6 Å². The van der Waals surface area contributed by atoms with E-state index in [1.54, 1.807) is 0 Å². The Hall–Kier alpha value is -2.18. The summed E-state index contributed by atoms with van der Waals surface area (Å²) < 4.78 is 5.16. The molecule has 0 aromatic carbocycles. The lowest BCUT2D eigenvalue weighted by Gasteiger charge is -2.35. The Bertz CT molecular complexity index is 663. The van der Waals surface area contributed by atoms with Gasteiger partial charge in [-0.3, -0.25) is 9.89 Å². The fourth-order valence-corrected chi connectivity index (χ4v) is 3.12. The Morgan fingerprint density at radius 1 is 1.48 bits per heavy atom. The van der Waals surface area contributed by atoms with Crippen LogP contribution in [-0.4, -0.2) is 37.7 Å². The van der Waals surface area contributed by atoms with Crippen LogP contribution >= 0.6 is 0 Å². The van der Waals surface area contributed by atoms with Gasteiger partial charge in [-0.15, -0.1) is 0 Å². The summed E-state index contributed by atoms with van der Waals surface area (Å²) in [5.74, 6) is 1.37. The molecule has 1 saturated heterocycles. The topological polar surface area (TPSA) is 87.9 Å². The predicted octanol–water partition coefficient (Wildman–Crippen LogP) is 2.35. The second-order valence-corrected chi connectivity index (χ2v) is 6.02. The number of likely N-dealkylation sites (tertiary alicyclic amines) is 1. The summed E-state index contributed by atoms with van der Waals surface area (Å²) in [6, 6.07) is 0.104. The SMILES string of the molecule is CCc1noc(CCC(=O)N2CCCCC2c2[nH]ncc2C)n1. The van der Waals surface area contributed by atoms with Crippen LogP contribution in [0, 0.1) is 6.92 Å². The zero-order valence-corrected chi connectivity index (χ0v) is 13.7. The van der Waals surface area contributed by atoms with Crippen molar-refractivity contribution in [3.8, 4) is 0 Å². The van der Waals surface area contributed by atoms with Crippen LogP contribution in [0.3, 0.4) is 0 Å². The van der Waals surface area contributed by atoms with Gasteiger partial charge in [0.2, 0.25) is 11.8 Å². The number of piperidine rings is 1. The third-order valence-electron chi connectivity index (χ3n) is 4.40. The maximum atomic E-state index is 12.7. The molecule has 0 bridgehead atoms. The van der Waals surface area contributed by atoms with Crippen molar-refractivity contribution >= 4 is 5.91 Å². The van der Waals surface area contributed by atoms with Crippen LogP contribution in [0.25, 0.3) is 0 Å². The van der Waals surface area contributed by atoms with E-state index >= 15 is 0 Å². The zero-order valence-electron chi connectivity index (χ0n) is 13.7. The van der Waals surface area contributed by atoms with Gasteiger partial charge in [0.1, 0.15) is 0 Å². The van der Waals surface area contributed by atoms with Gasteiger partial charge in [-0.2, -0.15) is 10.1 Å². The van der Waals surface area contributed by atoms with Crippen molar-refractivity contribution < 1.29 is 9.32 Å². The van der Waals surface area contributed by atoms with Crippen LogP contribution in [0.5, 0.6) is 0 Å². The quantitative estimate of drug-likeness (QED) is 0.914. The van der Waals surface area contributed by atoms with E-state index < -0.39 is 0 Å². The second kappa shape index (κ2) is 6.93. The predicted molar refractivity (Wildman–Crippen MR) is 83.6 cm³/mol. The van der Waals surface area contributed by atoms with Crippen LogP contribution < -0.4 is 0 Å². The molecule has 1 N–H and O–H groups in total. The maximum absolute atomic E-state index is 12.7. The van der Waals surface area contributed by atoms with E-state index in [4.69, 9.17) is 4.52 Å². The normalized spacial score (nSPS) is 18.3. The summed E-state index contributed by atoms with van der Waals surface area (Å²) in [6.45, 7) is 4.80. The highest BCUT2D eigenvalue weighted by molar-refractivity contribution is 5.77. The monoisotopic (exact) mass is 317 g/mol. The highest BCUT2D eigenvalue weighted by Crippen LogP contribution is 2.31. The molecule has 0 saturated carbocycles. The third-order valence-corrected chi connectivity index (χ3v) is 4.40. The summed E-state index contributed by atoms with van der Waals surface area (Å²) in [6.07, 6.45) is 6.62. The first-order valence-electron chi connectivity index (χ1n) is 8.29. The summed E-state index contributed by atoms with van der Waals surface area (Å²) in [5, 5.41) is 11.0. The Balaban J connectivity index is 1.65. The lowest BCUT2D eigenvalue weighted by molar-refractivity contribution is -0.135. The minimum Gasteiger partial charge on any atom is -0.339 e. The number of aromatic amines is 1. The summed E-state index contributed by atoms with van der Waals surface area (Å²) in [7, 11) is 0. The number of aryl methyl sites for hydroxylation is 3. The van der Waals surface area contributed by atoms with Gasteiger partial charge in [-0.25, -0.2) is 0 Å². The highest BCUT2D eigenvalue weighted by Gasteiger charge is 2.29. The number of amides is 1. The molecule has 0 aliphatic carbocycles. The molecule has 1 fully saturated rings. The van der Waals surface area contributed by atoms with Crippen LogP contribution in [0.2, 0.25) is 0 Å². The molecule has 7 nitrogen and oxygen atoms in total. The van der Waals surface area contributed by atoms with Gasteiger partial charge in [-0.05, 0) is 31.7 Å². The number of carbonyl (C=O) groups is 1. The minimum atomic E-state index is 0.104. The average Bonchev–Trinajstić information content (AvgIpc) is 3.21. The average molecular weight is 317 g/mol.